The first kappa shape index (κ1) is 8.90. The summed E-state index contributed by atoms with van der Waals surface area (Å²) in [5, 5.41) is 0. The number of nitrogens with zero attached hydrogens (tertiary/aromatic N) is 1. The van der Waals surface area contributed by atoms with E-state index in [1.54, 1.807) is 0 Å². The van der Waals surface area contributed by atoms with E-state index >= 15 is 0 Å². The minimum absolute atomic E-state index is 0.147. The van der Waals surface area contributed by atoms with Gasteiger partial charge in [-0.1, -0.05) is 0 Å². The van der Waals surface area contributed by atoms with Crippen molar-refractivity contribution in [2.45, 2.75) is 26.2 Å². The van der Waals surface area contributed by atoms with Crippen LogP contribution in [0.1, 0.15) is 26.2 Å². The van der Waals surface area contributed by atoms with E-state index in [9.17, 15) is 14.4 Å². The van der Waals surface area contributed by atoms with Crippen molar-refractivity contribution in [3.63, 3.8) is 0 Å². The molecule has 0 atom stereocenters. The van der Waals surface area contributed by atoms with Crippen LogP contribution in [0.5, 0.6) is 0 Å². The molecule has 4 nitrogen and oxygen atoms in total. The summed E-state index contributed by atoms with van der Waals surface area (Å²) in [6, 6.07) is 0. The molecule has 0 aromatic rings. The lowest BCUT2D eigenvalue weighted by atomic mass is 10.3. The molecule has 1 aliphatic rings. The van der Waals surface area contributed by atoms with Crippen LogP contribution in [0.4, 0.5) is 0 Å². The van der Waals surface area contributed by atoms with Crippen LogP contribution < -0.4 is 0 Å². The quantitative estimate of drug-likeness (QED) is 0.551. The molecule has 12 heavy (non-hydrogen) atoms. The highest BCUT2D eigenvalue weighted by atomic mass is 16.2. The molecule has 4 heteroatoms. The third kappa shape index (κ3) is 1.90. The second-order valence-electron chi connectivity index (χ2n) is 2.92. The van der Waals surface area contributed by atoms with E-state index < -0.39 is 0 Å². The fraction of sp³-hybridized carbons (Fsp3) is 0.625. The first-order valence-corrected chi connectivity index (χ1v) is 3.94. The van der Waals surface area contributed by atoms with Crippen molar-refractivity contribution in [1.29, 1.82) is 0 Å². The number of Topliss-reactive ketones (excluding diaryl/α,β-unsaturated/α-hetero) is 1. The molecule has 1 aliphatic heterocycles. The minimum atomic E-state index is -0.356. The summed E-state index contributed by atoms with van der Waals surface area (Å²) in [6.07, 6.45) is 1.01. The van der Waals surface area contributed by atoms with Gasteiger partial charge in [0.25, 0.3) is 0 Å². The molecule has 1 rings (SSSR count). The highest BCUT2D eigenvalue weighted by Crippen LogP contribution is 2.10. The molecule has 0 bridgehead atoms. The van der Waals surface area contributed by atoms with Gasteiger partial charge >= 0.3 is 0 Å². The van der Waals surface area contributed by atoms with Crippen molar-refractivity contribution >= 4 is 17.6 Å². The predicted octanol–water partition coefficient (Wildman–Crippen LogP) is 0.115. The second-order valence-corrected chi connectivity index (χ2v) is 2.92. The Bertz CT molecular complexity index is 234. The first-order valence-electron chi connectivity index (χ1n) is 3.94. The summed E-state index contributed by atoms with van der Waals surface area (Å²) >= 11 is 0. The lowest BCUT2D eigenvalue weighted by Crippen LogP contribution is -2.32. The first-order chi connectivity index (χ1) is 5.61. The molecule has 1 heterocycles. The summed E-state index contributed by atoms with van der Waals surface area (Å²) < 4.78 is 0. The van der Waals surface area contributed by atoms with Gasteiger partial charge in [0, 0.05) is 13.0 Å². The van der Waals surface area contributed by atoms with Gasteiger partial charge in [-0.05, 0) is 13.3 Å². The van der Waals surface area contributed by atoms with Gasteiger partial charge in [-0.15, -0.1) is 0 Å². The van der Waals surface area contributed by atoms with Crippen LogP contribution in [-0.2, 0) is 14.4 Å². The Hall–Kier alpha value is -1.19. The molecule has 1 fully saturated rings. The van der Waals surface area contributed by atoms with Crippen molar-refractivity contribution in [2.75, 3.05) is 6.54 Å². The molecule has 0 spiro atoms. The van der Waals surface area contributed by atoms with Crippen LogP contribution >= 0.6 is 0 Å². The Morgan fingerprint density at radius 1 is 1.50 bits per heavy atom. The maximum absolute atomic E-state index is 11.2. The largest absolute Gasteiger partial charge is 0.299 e. The van der Waals surface area contributed by atoms with E-state index in [1.807, 2.05) is 0 Å². The number of carbonyl (C=O) groups is 3. The number of rotatable bonds is 2. The summed E-state index contributed by atoms with van der Waals surface area (Å²) in [7, 11) is 0. The Labute approximate surface area is 70.5 Å². The van der Waals surface area contributed by atoms with E-state index in [4.69, 9.17) is 0 Å². The summed E-state index contributed by atoms with van der Waals surface area (Å²) in [4.78, 5) is 33.9. The third-order valence-electron chi connectivity index (χ3n) is 1.77. The lowest BCUT2D eigenvalue weighted by molar-refractivity contribution is -0.142. The second kappa shape index (κ2) is 3.47. The molecule has 1 saturated heterocycles. The zero-order chi connectivity index (χ0) is 9.14. The summed E-state index contributed by atoms with van der Waals surface area (Å²) in [5.74, 6) is -0.703. The predicted molar refractivity (Wildman–Crippen MR) is 41.3 cm³/mol. The van der Waals surface area contributed by atoms with Crippen LogP contribution in [0.2, 0.25) is 0 Å². The molecule has 0 N–H and O–H groups in total. The van der Waals surface area contributed by atoms with Gasteiger partial charge < -0.3 is 0 Å². The topological polar surface area (TPSA) is 54.5 Å². The average molecular weight is 169 g/mol. The van der Waals surface area contributed by atoms with Gasteiger partial charge in [0.05, 0.1) is 6.42 Å². The Morgan fingerprint density at radius 3 is 2.58 bits per heavy atom. The average Bonchev–Trinajstić information content (AvgIpc) is 2.33. The monoisotopic (exact) mass is 169 g/mol. The van der Waals surface area contributed by atoms with Crippen molar-refractivity contribution in [3.05, 3.63) is 0 Å². The summed E-state index contributed by atoms with van der Waals surface area (Å²) in [6.45, 7) is 1.82. The van der Waals surface area contributed by atoms with Crippen molar-refractivity contribution in [3.8, 4) is 0 Å². The Morgan fingerprint density at radius 2 is 2.17 bits per heavy atom. The molecular formula is C8H11NO3. The van der Waals surface area contributed by atoms with Gasteiger partial charge in [0.15, 0.2) is 0 Å². The minimum Gasteiger partial charge on any atom is -0.299 e. The van der Waals surface area contributed by atoms with Gasteiger partial charge in [0.2, 0.25) is 11.8 Å². The van der Waals surface area contributed by atoms with Gasteiger partial charge in [-0.3, -0.25) is 19.3 Å². The lowest BCUT2D eigenvalue weighted by Gasteiger charge is -2.11. The Balaban J connectivity index is 2.52. The molecule has 0 aromatic heterocycles. The molecule has 2 amide bonds. The van der Waals surface area contributed by atoms with Gasteiger partial charge in [-0.25, -0.2) is 0 Å². The molecule has 0 aliphatic carbocycles. The number of likely N-dealkylation sites (tertiary alicyclic amines) is 1. The third-order valence-corrected chi connectivity index (χ3v) is 1.77. The number of carbonyl (C=O) groups excluding carboxylic acids is 3. The zero-order valence-corrected chi connectivity index (χ0v) is 7.00. The number of hydrogen-bond donors (Lipinski definition) is 0. The standard InChI is InChI=1S/C8H11NO3/c1-6(10)5-8(12)9-4-2-3-7(9)11/h2-5H2,1H3. The SMILES string of the molecule is CC(=O)CC(=O)N1CCCC1=O. The van der Waals surface area contributed by atoms with E-state index in [2.05, 4.69) is 0 Å². The smallest absolute Gasteiger partial charge is 0.236 e. The normalized spacial score (nSPS) is 16.8. The molecular weight excluding hydrogens is 158 g/mol. The van der Waals surface area contributed by atoms with Crippen LogP contribution in [0, 0.1) is 0 Å². The van der Waals surface area contributed by atoms with Crippen molar-refractivity contribution in [2.24, 2.45) is 0 Å². The number of ketones is 1. The maximum Gasteiger partial charge on any atom is 0.236 e. The number of amides is 2. The number of imide groups is 1. The van der Waals surface area contributed by atoms with Crippen molar-refractivity contribution in [1.82, 2.24) is 4.90 Å². The van der Waals surface area contributed by atoms with Gasteiger partial charge in [0.1, 0.15) is 5.78 Å². The van der Waals surface area contributed by atoms with Crippen LogP contribution in [-0.4, -0.2) is 29.0 Å². The molecule has 0 saturated carbocycles. The summed E-state index contributed by atoms with van der Waals surface area (Å²) in [5.41, 5.74) is 0. The fourth-order valence-corrected chi connectivity index (χ4v) is 1.22. The maximum atomic E-state index is 11.2. The van der Waals surface area contributed by atoms with Crippen LogP contribution in [0.15, 0.2) is 0 Å². The molecule has 0 aromatic carbocycles. The highest BCUT2D eigenvalue weighted by molar-refractivity contribution is 6.04. The van der Waals surface area contributed by atoms with E-state index in [0.717, 1.165) is 6.42 Å². The molecule has 66 valence electrons. The van der Waals surface area contributed by atoms with Gasteiger partial charge in [-0.2, -0.15) is 0 Å². The zero-order valence-electron chi connectivity index (χ0n) is 7.00. The van der Waals surface area contributed by atoms with E-state index in [0.29, 0.717) is 13.0 Å². The van der Waals surface area contributed by atoms with Crippen LogP contribution in [0.25, 0.3) is 0 Å². The fourth-order valence-electron chi connectivity index (χ4n) is 1.22. The highest BCUT2D eigenvalue weighted by Gasteiger charge is 2.26. The van der Waals surface area contributed by atoms with Crippen molar-refractivity contribution < 1.29 is 14.4 Å². The van der Waals surface area contributed by atoms with E-state index in [-0.39, 0.29) is 24.0 Å². The molecule has 0 unspecified atom stereocenters. The van der Waals surface area contributed by atoms with E-state index in [1.165, 1.54) is 11.8 Å². The Kier molecular flexibility index (Phi) is 2.58. The molecule has 0 radical (unpaired) electrons. The number of hydrogen-bond acceptors (Lipinski definition) is 3. The van der Waals surface area contributed by atoms with Crippen LogP contribution in [0.3, 0.4) is 0 Å².